The minimum absolute atomic E-state index is 0.238. The quantitative estimate of drug-likeness (QED) is 0.492. The van der Waals surface area contributed by atoms with E-state index in [0.29, 0.717) is 33.0 Å². The van der Waals surface area contributed by atoms with Gasteiger partial charge in [-0.05, 0) is 20.9 Å². The summed E-state index contributed by atoms with van der Waals surface area (Å²) in [4.78, 5) is 2.21. The largest absolute Gasteiger partial charge is 0.383 e. The molecule has 0 rings (SSSR count). The molecule has 0 aromatic carbocycles. The molecule has 110 valence electrons. The topological polar surface area (TPSA) is 40.2 Å². The summed E-state index contributed by atoms with van der Waals surface area (Å²) in [6.07, 6.45) is 0.238. The molecular formula is C13H29NO4. The highest BCUT2D eigenvalue weighted by molar-refractivity contribution is 4.68. The Bertz CT molecular complexity index is 178. The summed E-state index contributed by atoms with van der Waals surface area (Å²) in [5, 5.41) is 0. The molecule has 18 heavy (non-hydrogen) atoms. The molecule has 1 unspecified atom stereocenters. The number of methoxy groups -OCH3 is 2. The molecule has 0 fully saturated rings. The van der Waals surface area contributed by atoms with E-state index in [4.69, 9.17) is 18.9 Å². The monoisotopic (exact) mass is 263 g/mol. The first-order valence-corrected chi connectivity index (χ1v) is 6.49. The molecule has 0 radical (unpaired) electrons. The Hall–Kier alpha value is -0.200. The third-order valence-corrected chi connectivity index (χ3v) is 2.64. The van der Waals surface area contributed by atoms with Gasteiger partial charge in [0.15, 0.2) is 0 Å². The van der Waals surface area contributed by atoms with Gasteiger partial charge < -0.3 is 18.9 Å². The number of hydrogen-bond acceptors (Lipinski definition) is 5. The highest BCUT2D eigenvalue weighted by Gasteiger charge is 2.15. The van der Waals surface area contributed by atoms with Crippen molar-refractivity contribution in [3.63, 3.8) is 0 Å². The van der Waals surface area contributed by atoms with Gasteiger partial charge in [-0.1, -0.05) is 0 Å². The van der Waals surface area contributed by atoms with E-state index in [-0.39, 0.29) is 12.1 Å². The van der Waals surface area contributed by atoms with E-state index in [1.165, 1.54) is 0 Å². The van der Waals surface area contributed by atoms with E-state index in [9.17, 15) is 0 Å². The van der Waals surface area contributed by atoms with E-state index in [1.54, 1.807) is 14.2 Å². The average Bonchev–Trinajstić information content (AvgIpc) is 2.34. The normalized spacial score (nSPS) is 13.5. The summed E-state index contributed by atoms with van der Waals surface area (Å²) in [6, 6.07) is 0.249. The molecule has 0 N–H and O–H groups in total. The molecule has 0 aliphatic rings. The molecule has 0 aliphatic carbocycles. The number of rotatable bonds is 12. The zero-order valence-electron chi connectivity index (χ0n) is 12.5. The van der Waals surface area contributed by atoms with Gasteiger partial charge in [0.1, 0.15) is 0 Å². The van der Waals surface area contributed by atoms with Crippen molar-refractivity contribution < 1.29 is 18.9 Å². The van der Waals surface area contributed by atoms with Crippen LogP contribution < -0.4 is 0 Å². The summed E-state index contributed by atoms with van der Waals surface area (Å²) in [5.74, 6) is 0. The molecular weight excluding hydrogens is 234 g/mol. The molecule has 5 nitrogen and oxygen atoms in total. The van der Waals surface area contributed by atoms with E-state index in [2.05, 4.69) is 11.9 Å². The molecule has 5 heteroatoms. The lowest BCUT2D eigenvalue weighted by atomic mass is 10.3. The van der Waals surface area contributed by atoms with Gasteiger partial charge in [0.2, 0.25) is 0 Å². The molecule has 0 heterocycles. The highest BCUT2D eigenvalue weighted by Crippen LogP contribution is 2.01. The fourth-order valence-electron chi connectivity index (χ4n) is 1.39. The maximum absolute atomic E-state index is 5.67. The molecule has 0 bridgehead atoms. The van der Waals surface area contributed by atoms with Crippen LogP contribution in [-0.2, 0) is 18.9 Å². The van der Waals surface area contributed by atoms with Crippen molar-refractivity contribution in [3.8, 4) is 0 Å². The van der Waals surface area contributed by atoms with Gasteiger partial charge >= 0.3 is 0 Å². The molecule has 0 spiro atoms. The van der Waals surface area contributed by atoms with Crippen molar-refractivity contribution in [2.45, 2.75) is 26.0 Å². The highest BCUT2D eigenvalue weighted by atomic mass is 16.5. The Kier molecular flexibility index (Phi) is 11.7. The van der Waals surface area contributed by atoms with E-state index in [0.717, 1.165) is 6.54 Å². The van der Waals surface area contributed by atoms with E-state index >= 15 is 0 Å². The van der Waals surface area contributed by atoms with Crippen molar-refractivity contribution in [1.29, 1.82) is 0 Å². The van der Waals surface area contributed by atoms with Crippen LogP contribution in [0.3, 0.4) is 0 Å². The first-order valence-electron chi connectivity index (χ1n) is 6.49. The smallest absolute Gasteiger partial charge is 0.0701 e. The minimum atomic E-state index is 0.238. The van der Waals surface area contributed by atoms with Crippen LogP contribution in [0.1, 0.15) is 13.8 Å². The predicted molar refractivity (Wildman–Crippen MR) is 72.1 cm³/mol. The van der Waals surface area contributed by atoms with Crippen LogP contribution in [0, 0.1) is 0 Å². The zero-order valence-corrected chi connectivity index (χ0v) is 12.5. The van der Waals surface area contributed by atoms with Crippen molar-refractivity contribution in [2.75, 3.05) is 60.8 Å². The lowest BCUT2D eigenvalue weighted by molar-refractivity contribution is -0.0196. The lowest BCUT2D eigenvalue weighted by Crippen LogP contribution is -2.41. The molecule has 0 aliphatic heterocycles. The third kappa shape index (κ3) is 9.79. The first kappa shape index (κ1) is 17.8. The second kappa shape index (κ2) is 11.9. The Morgan fingerprint density at radius 1 is 0.944 bits per heavy atom. The molecule has 1 atom stereocenters. The van der Waals surface area contributed by atoms with Crippen LogP contribution in [0.4, 0.5) is 0 Å². The molecule has 0 saturated heterocycles. The maximum atomic E-state index is 5.67. The minimum Gasteiger partial charge on any atom is -0.383 e. The summed E-state index contributed by atoms with van der Waals surface area (Å²) in [7, 11) is 5.45. The fourth-order valence-corrected chi connectivity index (χ4v) is 1.39. The first-order chi connectivity index (χ1) is 8.61. The summed E-state index contributed by atoms with van der Waals surface area (Å²) in [5.41, 5.74) is 0. The third-order valence-electron chi connectivity index (χ3n) is 2.64. The molecule has 0 amide bonds. The standard InChI is InChI=1S/C13H29NO4/c1-12(2)18-11-13(10-17-9-8-16-5)14(3)6-7-15-4/h12-13H,6-11H2,1-5H3. The second-order valence-electron chi connectivity index (χ2n) is 4.58. The second-order valence-corrected chi connectivity index (χ2v) is 4.58. The van der Waals surface area contributed by atoms with Crippen molar-refractivity contribution in [2.24, 2.45) is 0 Å². The van der Waals surface area contributed by atoms with Crippen LogP contribution in [0.5, 0.6) is 0 Å². The summed E-state index contributed by atoms with van der Waals surface area (Å²) < 4.78 is 21.3. The zero-order chi connectivity index (χ0) is 13.8. The van der Waals surface area contributed by atoms with Crippen molar-refractivity contribution >= 4 is 0 Å². The van der Waals surface area contributed by atoms with Crippen molar-refractivity contribution in [1.82, 2.24) is 4.90 Å². The van der Waals surface area contributed by atoms with Gasteiger partial charge in [0, 0.05) is 20.8 Å². The van der Waals surface area contributed by atoms with Crippen LogP contribution >= 0.6 is 0 Å². The summed E-state index contributed by atoms with van der Waals surface area (Å²) >= 11 is 0. The van der Waals surface area contributed by atoms with E-state index in [1.807, 2.05) is 13.8 Å². The van der Waals surface area contributed by atoms with Gasteiger partial charge in [-0.15, -0.1) is 0 Å². The van der Waals surface area contributed by atoms with E-state index < -0.39 is 0 Å². The van der Waals surface area contributed by atoms with Gasteiger partial charge in [0.05, 0.1) is 45.2 Å². The summed E-state index contributed by atoms with van der Waals surface area (Å²) in [6.45, 7) is 8.23. The molecule has 0 aromatic heterocycles. The van der Waals surface area contributed by atoms with Gasteiger partial charge in [-0.3, -0.25) is 4.90 Å². The van der Waals surface area contributed by atoms with Crippen LogP contribution in [0.2, 0.25) is 0 Å². The molecule has 0 saturated carbocycles. The fraction of sp³-hybridized carbons (Fsp3) is 1.00. The Labute approximate surface area is 111 Å². The Morgan fingerprint density at radius 2 is 1.61 bits per heavy atom. The SMILES string of the molecule is COCCOCC(COC(C)C)N(C)CCOC. The van der Waals surface area contributed by atoms with Gasteiger partial charge in [-0.25, -0.2) is 0 Å². The number of ether oxygens (including phenoxy) is 4. The molecule has 0 aromatic rings. The van der Waals surface area contributed by atoms with Crippen LogP contribution in [0.25, 0.3) is 0 Å². The number of hydrogen-bond donors (Lipinski definition) is 0. The van der Waals surface area contributed by atoms with Crippen LogP contribution in [-0.4, -0.2) is 77.9 Å². The van der Waals surface area contributed by atoms with Gasteiger partial charge in [0.25, 0.3) is 0 Å². The number of nitrogens with zero attached hydrogens (tertiary/aromatic N) is 1. The van der Waals surface area contributed by atoms with Crippen molar-refractivity contribution in [3.05, 3.63) is 0 Å². The average molecular weight is 263 g/mol. The lowest BCUT2D eigenvalue weighted by Gasteiger charge is -2.28. The maximum Gasteiger partial charge on any atom is 0.0701 e. The Balaban J connectivity index is 3.97. The number of likely N-dealkylation sites (N-methyl/N-ethyl adjacent to an activating group) is 1. The van der Waals surface area contributed by atoms with Gasteiger partial charge in [-0.2, -0.15) is 0 Å². The Morgan fingerprint density at radius 3 is 2.17 bits per heavy atom. The predicted octanol–water partition coefficient (Wildman–Crippen LogP) is 1.02. The van der Waals surface area contributed by atoms with Crippen LogP contribution in [0.15, 0.2) is 0 Å².